The zero-order valence-corrected chi connectivity index (χ0v) is 9.99. The van der Waals surface area contributed by atoms with Crippen LogP contribution in [0.3, 0.4) is 0 Å². The van der Waals surface area contributed by atoms with Gasteiger partial charge in [-0.15, -0.1) is 0 Å². The average Bonchev–Trinajstić information content (AvgIpc) is 2.40. The summed E-state index contributed by atoms with van der Waals surface area (Å²) in [5.41, 5.74) is 0.518. The monoisotopic (exact) mass is 243 g/mol. The van der Waals surface area contributed by atoms with E-state index >= 15 is 0 Å². The fourth-order valence-corrected chi connectivity index (χ4v) is 2.42. The Bertz CT molecular complexity index is 513. The van der Waals surface area contributed by atoms with Gasteiger partial charge in [0.05, 0.1) is 17.7 Å². The number of nitriles is 2. The quantitative estimate of drug-likeness (QED) is 0.867. The minimum absolute atomic E-state index is 0.0117. The number of rotatable bonds is 2. The molecule has 1 aromatic carbocycles. The molecule has 2 rings (SSSR count). The maximum absolute atomic E-state index is 13.5. The second kappa shape index (κ2) is 5.51. The number of hydrogen-bond donors (Lipinski definition) is 1. The smallest absolute Gasteiger partial charge is 0.143 e. The predicted octanol–water partition coefficient (Wildman–Crippen LogP) is 3.19. The van der Waals surface area contributed by atoms with E-state index in [4.69, 9.17) is 10.5 Å². The van der Waals surface area contributed by atoms with Crippen LogP contribution in [0.2, 0.25) is 0 Å². The molecule has 1 fully saturated rings. The zero-order chi connectivity index (χ0) is 13.0. The largest absolute Gasteiger partial charge is 0.380 e. The Morgan fingerprint density at radius 2 is 2.00 bits per heavy atom. The van der Waals surface area contributed by atoms with Crippen molar-refractivity contribution in [1.82, 2.24) is 0 Å². The van der Waals surface area contributed by atoms with E-state index in [9.17, 15) is 4.39 Å². The van der Waals surface area contributed by atoms with Crippen LogP contribution in [0, 0.1) is 34.4 Å². The summed E-state index contributed by atoms with van der Waals surface area (Å²) in [6.45, 7) is 0. The molecule has 1 N–H and O–H groups in total. The highest BCUT2D eigenvalue weighted by Crippen LogP contribution is 2.28. The molecular formula is C14H14FN3. The molecule has 0 saturated heterocycles. The Kier molecular flexibility index (Phi) is 3.79. The summed E-state index contributed by atoms with van der Waals surface area (Å²) in [6, 6.07) is 8.69. The van der Waals surface area contributed by atoms with Gasteiger partial charge < -0.3 is 5.32 Å². The SMILES string of the molecule is N#Cc1c(F)cccc1NC1CCCCC1C#N. The first-order valence-electron chi connectivity index (χ1n) is 6.11. The Morgan fingerprint density at radius 3 is 2.72 bits per heavy atom. The minimum Gasteiger partial charge on any atom is -0.380 e. The number of nitrogens with one attached hydrogen (secondary N) is 1. The standard InChI is InChI=1S/C14H14FN3/c15-12-5-3-7-14(11(12)9-17)18-13-6-2-1-4-10(13)8-16/h3,5,7,10,13,18H,1-2,4,6H2. The minimum atomic E-state index is -0.521. The number of benzene rings is 1. The molecule has 0 aromatic heterocycles. The maximum atomic E-state index is 13.5. The number of halogens is 1. The van der Waals surface area contributed by atoms with E-state index in [0.717, 1.165) is 25.7 Å². The lowest BCUT2D eigenvalue weighted by Gasteiger charge is -2.28. The van der Waals surface area contributed by atoms with Gasteiger partial charge in [-0.25, -0.2) is 4.39 Å². The molecule has 2 atom stereocenters. The average molecular weight is 243 g/mol. The highest BCUT2D eigenvalue weighted by atomic mass is 19.1. The van der Waals surface area contributed by atoms with Crippen molar-refractivity contribution in [3.05, 3.63) is 29.6 Å². The van der Waals surface area contributed by atoms with Crippen LogP contribution >= 0.6 is 0 Å². The fraction of sp³-hybridized carbons (Fsp3) is 0.429. The third-order valence-electron chi connectivity index (χ3n) is 3.40. The van der Waals surface area contributed by atoms with Crippen LogP contribution in [0.25, 0.3) is 0 Å². The van der Waals surface area contributed by atoms with Gasteiger partial charge in [-0.2, -0.15) is 10.5 Å². The lowest BCUT2D eigenvalue weighted by molar-refractivity contribution is 0.388. The van der Waals surface area contributed by atoms with E-state index in [1.807, 2.05) is 6.07 Å². The third kappa shape index (κ3) is 2.43. The van der Waals surface area contributed by atoms with Gasteiger partial charge in [0, 0.05) is 6.04 Å². The van der Waals surface area contributed by atoms with E-state index in [0.29, 0.717) is 5.69 Å². The molecule has 2 unspecified atom stereocenters. The van der Waals surface area contributed by atoms with Gasteiger partial charge in [-0.3, -0.25) is 0 Å². The van der Waals surface area contributed by atoms with Crippen molar-refractivity contribution in [2.45, 2.75) is 31.7 Å². The summed E-state index contributed by atoms with van der Waals surface area (Å²) >= 11 is 0. The van der Waals surface area contributed by atoms with Gasteiger partial charge in [0.15, 0.2) is 0 Å². The van der Waals surface area contributed by atoms with Crippen molar-refractivity contribution < 1.29 is 4.39 Å². The lowest BCUT2D eigenvalue weighted by Crippen LogP contribution is -2.31. The van der Waals surface area contributed by atoms with Gasteiger partial charge in [0.25, 0.3) is 0 Å². The van der Waals surface area contributed by atoms with E-state index in [1.165, 1.54) is 6.07 Å². The summed E-state index contributed by atoms with van der Waals surface area (Å²) in [5.74, 6) is -0.583. The third-order valence-corrected chi connectivity index (χ3v) is 3.40. The summed E-state index contributed by atoms with van der Waals surface area (Å²) < 4.78 is 13.5. The molecule has 3 nitrogen and oxygen atoms in total. The molecule has 0 amide bonds. The second-order valence-electron chi connectivity index (χ2n) is 4.55. The Morgan fingerprint density at radius 1 is 1.22 bits per heavy atom. The van der Waals surface area contributed by atoms with Crippen LogP contribution in [0.5, 0.6) is 0 Å². The van der Waals surface area contributed by atoms with Gasteiger partial charge in [-0.1, -0.05) is 18.9 Å². The summed E-state index contributed by atoms with van der Waals surface area (Å²) in [4.78, 5) is 0. The molecule has 0 bridgehead atoms. The molecule has 0 heterocycles. The first-order valence-corrected chi connectivity index (χ1v) is 6.11. The van der Waals surface area contributed by atoms with Crippen LogP contribution in [0.4, 0.5) is 10.1 Å². The molecular weight excluding hydrogens is 229 g/mol. The molecule has 0 aliphatic heterocycles. The Balaban J connectivity index is 2.21. The van der Waals surface area contributed by atoms with Crippen LogP contribution in [-0.2, 0) is 0 Å². The molecule has 18 heavy (non-hydrogen) atoms. The first kappa shape index (κ1) is 12.4. The van der Waals surface area contributed by atoms with Gasteiger partial charge in [0.2, 0.25) is 0 Å². The van der Waals surface area contributed by atoms with Gasteiger partial charge in [0.1, 0.15) is 17.4 Å². The van der Waals surface area contributed by atoms with E-state index < -0.39 is 5.82 Å². The van der Waals surface area contributed by atoms with Crippen LogP contribution in [0.1, 0.15) is 31.2 Å². The normalized spacial score (nSPS) is 22.8. The molecule has 1 aromatic rings. The lowest BCUT2D eigenvalue weighted by atomic mass is 9.85. The molecule has 0 spiro atoms. The highest BCUT2D eigenvalue weighted by Gasteiger charge is 2.25. The van der Waals surface area contributed by atoms with Crippen molar-refractivity contribution in [2.24, 2.45) is 5.92 Å². The summed E-state index contributed by atoms with van der Waals surface area (Å²) in [5, 5.41) is 21.2. The van der Waals surface area contributed by atoms with Gasteiger partial charge >= 0.3 is 0 Å². The number of hydrogen-bond acceptors (Lipinski definition) is 3. The second-order valence-corrected chi connectivity index (χ2v) is 4.55. The fourth-order valence-electron chi connectivity index (χ4n) is 2.42. The maximum Gasteiger partial charge on any atom is 0.143 e. The van der Waals surface area contributed by atoms with Gasteiger partial charge in [-0.05, 0) is 25.0 Å². The first-order chi connectivity index (χ1) is 8.76. The van der Waals surface area contributed by atoms with E-state index in [1.54, 1.807) is 12.1 Å². The molecule has 92 valence electrons. The van der Waals surface area contributed by atoms with Crippen LogP contribution in [0.15, 0.2) is 18.2 Å². The highest BCUT2D eigenvalue weighted by molar-refractivity contribution is 5.58. The number of anilines is 1. The van der Waals surface area contributed by atoms with Crippen LogP contribution in [-0.4, -0.2) is 6.04 Å². The van der Waals surface area contributed by atoms with Crippen molar-refractivity contribution in [3.8, 4) is 12.1 Å². The predicted molar refractivity (Wildman–Crippen MR) is 66.1 cm³/mol. The molecule has 1 saturated carbocycles. The van der Waals surface area contributed by atoms with Crippen molar-refractivity contribution in [3.63, 3.8) is 0 Å². The molecule has 4 heteroatoms. The molecule has 1 aliphatic carbocycles. The van der Waals surface area contributed by atoms with Crippen molar-refractivity contribution in [2.75, 3.05) is 5.32 Å². The molecule has 1 aliphatic rings. The molecule has 0 radical (unpaired) electrons. The Hall–Kier alpha value is -2.07. The summed E-state index contributed by atoms with van der Waals surface area (Å²) in [7, 11) is 0. The topological polar surface area (TPSA) is 59.6 Å². The number of nitrogens with zero attached hydrogens (tertiary/aromatic N) is 2. The van der Waals surface area contributed by atoms with Crippen molar-refractivity contribution >= 4 is 5.69 Å². The van der Waals surface area contributed by atoms with E-state index in [2.05, 4.69) is 11.4 Å². The van der Waals surface area contributed by atoms with Crippen LogP contribution < -0.4 is 5.32 Å². The zero-order valence-electron chi connectivity index (χ0n) is 9.99. The van der Waals surface area contributed by atoms with E-state index in [-0.39, 0.29) is 17.5 Å². The van der Waals surface area contributed by atoms with Crippen molar-refractivity contribution in [1.29, 1.82) is 10.5 Å². The summed E-state index contributed by atoms with van der Waals surface area (Å²) in [6.07, 6.45) is 3.88. The Labute approximate surface area is 106 Å².